The van der Waals surface area contributed by atoms with Gasteiger partial charge in [-0.3, -0.25) is 5.41 Å². The van der Waals surface area contributed by atoms with Gasteiger partial charge in [-0.1, -0.05) is 104 Å². The Labute approximate surface area is 278 Å². The maximum atomic E-state index is 8.77. The summed E-state index contributed by atoms with van der Waals surface area (Å²) in [6, 6.07) is 39.0. The minimum atomic E-state index is 0.0904. The average molecular weight is 621 g/mol. The van der Waals surface area contributed by atoms with Gasteiger partial charge in [-0.05, 0) is 82.4 Å². The molecule has 2 heterocycles. The Kier molecular flexibility index (Phi) is 6.89. The van der Waals surface area contributed by atoms with Gasteiger partial charge >= 0.3 is 0 Å². The summed E-state index contributed by atoms with van der Waals surface area (Å²) in [5, 5.41) is 14.1. The molecule has 6 aromatic carbocycles. The number of hydrogen-bond donors (Lipinski definition) is 2. The van der Waals surface area contributed by atoms with E-state index in [-0.39, 0.29) is 11.7 Å². The average Bonchev–Trinajstić information content (AvgIpc) is 3.71. The number of aryl methyl sites for hydroxylation is 1. The maximum absolute atomic E-state index is 8.77. The Balaban J connectivity index is 1.12. The Morgan fingerprint density at radius 2 is 1.54 bits per heavy atom. The molecule has 0 saturated heterocycles. The van der Waals surface area contributed by atoms with E-state index < -0.39 is 0 Å². The van der Waals surface area contributed by atoms with Crippen molar-refractivity contribution in [3.8, 4) is 16.8 Å². The fraction of sp³-hybridized carbons (Fsp3) is 0.0233. The van der Waals surface area contributed by atoms with Crippen LogP contribution in [0.15, 0.2) is 144 Å². The van der Waals surface area contributed by atoms with Crippen molar-refractivity contribution in [1.29, 1.82) is 5.41 Å². The van der Waals surface area contributed by atoms with E-state index in [1.165, 1.54) is 10.9 Å². The summed E-state index contributed by atoms with van der Waals surface area (Å²) in [5.74, 6) is 0.367. The molecule has 0 atom stereocenters. The highest BCUT2D eigenvalue weighted by molar-refractivity contribution is 6.16. The molecule has 0 fully saturated rings. The molecule has 0 aliphatic carbocycles. The summed E-state index contributed by atoms with van der Waals surface area (Å²) in [6.45, 7) is 10.1. The van der Waals surface area contributed by atoms with Gasteiger partial charge in [0.25, 0.3) is 0 Å². The summed E-state index contributed by atoms with van der Waals surface area (Å²) < 4.78 is 8.66. The Morgan fingerprint density at radius 1 is 0.771 bits per heavy atom. The third kappa shape index (κ3) is 4.72. The number of furan rings is 1. The zero-order valence-corrected chi connectivity index (χ0v) is 26.5. The summed E-state index contributed by atoms with van der Waals surface area (Å²) >= 11 is 0. The molecule has 0 saturated carbocycles. The van der Waals surface area contributed by atoms with Gasteiger partial charge in [0, 0.05) is 33.5 Å². The number of nitrogens with two attached hydrogens (primary N) is 1. The number of hydrogen-bond acceptors (Lipinski definition) is 2. The second kappa shape index (κ2) is 11.4. The molecule has 2 aromatic heterocycles. The van der Waals surface area contributed by atoms with Crippen molar-refractivity contribution < 1.29 is 4.42 Å². The topological polar surface area (TPSA) is 80.3 Å². The lowest BCUT2D eigenvalue weighted by molar-refractivity contribution is 0.666. The number of nitrogens with zero attached hydrogens (tertiary/aromatic N) is 2. The number of aliphatic imine (C=N–C) groups is 1. The van der Waals surface area contributed by atoms with E-state index in [1.807, 2.05) is 66.7 Å². The molecule has 0 aliphatic heterocycles. The minimum Gasteiger partial charge on any atom is -0.454 e. The van der Waals surface area contributed by atoms with Gasteiger partial charge in [0.1, 0.15) is 11.4 Å². The molecule has 0 amide bonds. The molecule has 0 radical (unpaired) electrons. The Hall–Kier alpha value is -6.46. The first-order valence-corrected chi connectivity index (χ1v) is 15.8. The SMILES string of the molecule is C=Cc1cc(C(N)=NC(=N)c2ccc(-c3ccc4oc5c(-n6ccc7cc(C)ccc76)cccc5c4c3)cc2)c2ccccc2c1C=C. The highest BCUT2D eigenvalue weighted by Crippen LogP contribution is 2.36. The van der Waals surface area contributed by atoms with Gasteiger partial charge in [0.05, 0.1) is 11.2 Å². The van der Waals surface area contributed by atoms with Crippen molar-refractivity contribution in [1.82, 2.24) is 4.57 Å². The van der Waals surface area contributed by atoms with Crippen molar-refractivity contribution >= 4 is 67.4 Å². The first-order valence-electron chi connectivity index (χ1n) is 15.8. The largest absolute Gasteiger partial charge is 0.454 e. The monoisotopic (exact) mass is 620 g/mol. The molecule has 5 nitrogen and oxygen atoms in total. The molecule has 3 N–H and O–H groups in total. The van der Waals surface area contributed by atoms with Crippen molar-refractivity contribution in [3.63, 3.8) is 0 Å². The highest BCUT2D eigenvalue weighted by Gasteiger charge is 2.16. The lowest BCUT2D eigenvalue weighted by Crippen LogP contribution is -2.17. The Bertz CT molecular complexity index is 2630. The quantitative estimate of drug-likeness (QED) is 0.143. The lowest BCUT2D eigenvalue weighted by atomic mass is 9.94. The minimum absolute atomic E-state index is 0.0904. The number of para-hydroxylation sites is 1. The predicted molar refractivity (Wildman–Crippen MR) is 202 cm³/mol. The zero-order chi connectivity index (χ0) is 32.9. The lowest BCUT2D eigenvalue weighted by Gasteiger charge is -2.13. The van der Waals surface area contributed by atoms with Crippen molar-refractivity contribution in [2.75, 3.05) is 0 Å². The van der Waals surface area contributed by atoms with Crippen molar-refractivity contribution in [3.05, 3.63) is 162 Å². The first-order chi connectivity index (χ1) is 23.4. The van der Waals surface area contributed by atoms with E-state index in [9.17, 15) is 0 Å². The number of fused-ring (bicyclic) bond motifs is 5. The standard InChI is InChI=1S/C43H32N4O/c1-4-27-24-37(34-10-7-6-9-33(34)32(27)5-2)43(45)46-42(44)29-16-14-28(15-17-29)30-18-20-40-36(25-30)35-11-8-12-39(41(35)48-40)47-22-21-31-23-26(3)13-19-38(31)47/h4-25H,1-2H2,3H3,(H3,44,45,46). The van der Waals surface area contributed by atoms with E-state index >= 15 is 0 Å². The van der Waals surface area contributed by atoms with E-state index in [1.54, 1.807) is 6.08 Å². The molecular weight excluding hydrogens is 589 g/mol. The number of aromatic nitrogens is 1. The fourth-order valence-electron chi connectivity index (χ4n) is 6.72. The molecular formula is C43H32N4O. The Morgan fingerprint density at radius 3 is 2.33 bits per heavy atom. The van der Waals surface area contributed by atoms with E-state index in [4.69, 9.17) is 15.6 Å². The molecule has 230 valence electrons. The number of amidine groups is 2. The number of benzene rings is 6. The van der Waals surface area contributed by atoms with Crippen LogP contribution in [0.2, 0.25) is 0 Å². The molecule has 0 aliphatic rings. The van der Waals surface area contributed by atoms with Crippen LogP contribution in [-0.2, 0) is 0 Å². The van der Waals surface area contributed by atoms with Crippen LogP contribution in [-0.4, -0.2) is 16.2 Å². The van der Waals surface area contributed by atoms with Crippen LogP contribution in [0, 0.1) is 12.3 Å². The first kappa shape index (κ1) is 29.0. The van der Waals surface area contributed by atoms with Crippen LogP contribution in [0.5, 0.6) is 0 Å². The van der Waals surface area contributed by atoms with E-state index in [0.29, 0.717) is 5.56 Å². The molecule has 0 unspecified atom stereocenters. The normalized spacial score (nSPS) is 11.9. The maximum Gasteiger partial charge on any atom is 0.159 e. The predicted octanol–water partition coefficient (Wildman–Crippen LogP) is 10.7. The summed E-state index contributed by atoms with van der Waals surface area (Å²) in [5.41, 5.74) is 17.1. The van der Waals surface area contributed by atoms with Crippen molar-refractivity contribution in [2.45, 2.75) is 6.92 Å². The van der Waals surface area contributed by atoms with Crippen molar-refractivity contribution in [2.24, 2.45) is 10.7 Å². The fourth-order valence-corrected chi connectivity index (χ4v) is 6.72. The van der Waals surface area contributed by atoms with Gasteiger partial charge in [-0.15, -0.1) is 0 Å². The van der Waals surface area contributed by atoms with Crippen LogP contribution < -0.4 is 5.73 Å². The molecule has 0 bridgehead atoms. The van der Waals surface area contributed by atoms with Gasteiger partial charge in [-0.25, -0.2) is 4.99 Å². The molecule has 8 rings (SSSR count). The van der Waals surface area contributed by atoms with Crippen LogP contribution in [0.1, 0.15) is 27.8 Å². The van der Waals surface area contributed by atoms with Gasteiger partial charge in [0.2, 0.25) is 0 Å². The van der Waals surface area contributed by atoms with E-state index in [0.717, 1.165) is 71.7 Å². The van der Waals surface area contributed by atoms with Gasteiger partial charge in [0.15, 0.2) is 11.4 Å². The molecule has 48 heavy (non-hydrogen) atoms. The molecule has 0 spiro atoms. The highest BCUT2D eigenvalue weighted by atomic mass is 16.3. The summed E-state index contributed by atoms with van der Waals surface area (Å²) in [6.07, 6.45) is 5.72. The van der Waals surface area contributed by atoms with Crippen LogP contribution >= 0.6 is 0 Å². The summed E-state index contributed by atoms with van der Waals surface area (Å²) in [7, 11) is 0. The van der Waals surface area contributed by atoms with E-state index in [2.05, 4.69) is 90.4 Å². The zero-order valence-electron chi connectivity index (χ0n) is 26.5. The number of nitrogens with one attached hydrogen (secondary N) is 1. The summed E-state index contributed by atoms with van der Waals surface area (Å²) in [4.78, 5) is 4.52. The van der Waals surface area contributed by atoms with Crippen LogP contribution in [0.25, 0.3) is 72.6 Å². The second-order valence-corrected chi connectivity index (χ2v) is 12.0. The second-order valence-electron chi connectivity index (χ2n) is 12.0. The van der Waals surface area contributed by atoms with Crippen LogP contribution in [0.4, 0.5) is 0 Å². The smallest absolute Gasteiger partial charge is 0.159 e. The third-order valence-corrected chi connectivity index (χ3v) is 9.12. The molecule has 8 aromatic rings. The van der Waals surface area contributed by atoms with Gasteiger partial charge in [-0.2, -0.15) is 0 Å². The van der Waals surface area contributed by atoms with Crippen LogP contribution in [0.3, 0.4) is 0 Å². The number of rotatable bonds is 6. The molecule has 5 heteroatoms. The third-order valence-electron chi connectivity index (χ3n) is 9.12. The van der Waals surface area contributed by atoms with Gasteiger partial charge < -0.3 is 14.7 Å².